The zero-order valence-corrected chi connectivity index (χ0v) is 16.0. The van der Waals surface area contributed by atoms with Gasteiger partial charge in [0.15, 0.2) is 5.75 Å². The van der Waals surface area contributed by atoms with Crippen LogP contribution in [-0.4, -0.2) is 5.11 Å². The largest absolute Gasteiger partial charge is 0.508 e. The lowest BCUT2D eigenvalue weighted by atomic mass is 9.97. The van der Waals surface area contributed by atoms with Gasteiger partial charge in [0.05, 0.1) is 10.0 Å². The summed E-state index contributed by atoms with van der Waals surface area (Å²) < 4.78 is 5.83. The number of hydrogen-bond acceptors (Lipinski definition) is 2. The van der Waals surface area contributed by atoms with Gasteiger partial charge in [0.1, 0.15) is 12.4 Å². The Labute approximate surface area is 164 Å². The Morgan fingerprint density at radius 1 is 0.846 bits per heavy atom. The Kier molecular flexibility index (Phi) is 6.08. The number of benzene rings is 3. The van der Waals surface area contributed by atoms with Crippen LogP contribution in [0.15, 0.2) is 60.7 Å². The van der Waals surface area contributed by atoms with Crippen molar-refractivity contribution in [3.8, 4) is 11.5 Å². The first-order chi connectivity index (χ1) is 12.5. The molecule has 0 aromatic heterocycles. The topological polar surface area (TPSA) is 29.5 Å². The first-order valence-electron chi connectivity index (χ1n) is 8.46. The van der Waals surface area contributed by atoms with E-state index >= 15 is 0 Å². The van der Waals surface area contributed by atoms with Crippen LogP contribution < -0.4 is 4.74 Å². The molecule has 0 fully saturated rings. The summed E-state index contributed by atoms with van der Waals surface area (Å²) in [5, 5.41) is 10.1. The highest BCUT2D eigenvalue weighted by Gasteiger charge is 2.11. The fraction of sp³-hybridized carbons (Fsp3) is 0.182. The minimum Gasteiger partial charge on any atom is -0.508 e. The molecule has 1 N–H and O–H groups in total. The molecule has 0 radical (unpaired) electrons. The third-order valence-electron chi connectivity index (χ3n) is 4.44. The first kappa shape index (κ1) is 18.6. The van der Waals surface area contributed by atoms with Crippen LogP contribution in [0.3, 0.4) is 0 Å². The van der Waals surface area contributed by atoms with Gasteiger partial charge < -0.3 is 9.84 Å². The zero-order chi connectivity index (χ0) is 18.5. The second kappa shape index (κ2) is 8.48. The molecule has 0 saturated carbocycles. The van der Waals surface area contributed by atoms with Crippen LogP contribution in [-0.2, 0) is 19.4 Å². The highest BCUT2D eigenvalue weighted by molar-refractivity contribution is 6.37. The molecule has 4 heteroatoms. The summed E-state index contributed by atoms with van der Waals surface area (Å²) in [7, 11) is 0. The summed E-state index contributed by atoms with van der Waals surface area (Å²) in [5.41, 5.74) is 4.94. The van der Waals surface area contributed by atoms with E-state index in [0.717, 1.165) is 18.4 Å². The molecular weight excluding hydrogens is 367 g/mol. The fourth-order valence-electron chi connectivity index (χ4n) is 2.92. The van der Waals surface area contributed by atoms with Crippen molar-refractivity contribution >= 4 is 23.2 Å². The van der Waals surface area contributed by atoms with Crippen LogP contribution in [0.4, 0.5) is 0 Å². The molecule has 0 aliphatic carbocycles. The minimum atomic E-state index is 0.0199. The maximum Gasteiger partial charge on any atom is 0.157 e. The number of halogens is 2. The number of phenolic OH excluding ortho intramolecular Hbond substituents is 1. The molecule has 3 rings (SSSR count). The second-order valence-corrected chi connectivity index (χ2v) is 7.03. The Hall–Kier alpha value is -2.16. The molecule has 0 spiro atoms. The number of aryl methyl sites for hydroxylation is 2. The SMILES string of the molecule is Cc1c(CCc2ccccc2)cccc1COc1c(Cl)cc(O)cc1Cl. The van der Waals surface area contributed by atoms with Crippen LogP contribution in [0.25, 0.3) is 0 Å². The van der Waals surface area contributed by atoms with Crippen LogP contribution in [0, 0.1) is 6.92 Å². The molecule has 0 atom stereocenters. The van der Waals surface area contributed by atoms with Crippen molar-refractivity contribution in [3.05, 3.63) is 93.0 Å². The zero-order valence-electron chi connectivity index (χ0n) is 14.5. The van der Waals surface area contributed by atoms with E-state index in [1.807, 2.05) is 18.2 Å². The number of phenols is 1. The van der Waals surface area contributed by atoms with Gasteiger partial charge in [0.2, 0.25) is 0 Å². The average molecular weight is 387 g/mol. The van der Waals surface area contributed by atoms with E-state index in [0.29, 0.717) is 22.4 Å². The van der Waals surface area contributed by atoms with Gasteiger partial charge in [-0.25, -0.2) is 0 Å². The minimum absolute atomic E-state index is 0.0199. The maximum atomic E-state index is 9.51. The number of hydrogen-bond donors (Lipinski definition) is 1. The summed E-state index contributed by atoms with van der Waals surface area (Å²) in [4.78, 5) is 0. The molecule has 0 amide bonds. The standard InChI is InChI=1S/C22H20Cl2O2/c1-15-17(11-10-16-6-3-2-4-7-16)8-5-9-18(15)14-26-22-20(23)12-19(25)13-21(22)24/h2-9,12-13,25H,10-11,14H2,1H3. The summed E-state index contributed by atoms with van der Waals surface area (Å²) in [6.07, 6.45) is 1.98. The van der Waals surface area contributed by atoms with Crippen molar-refractivity contribution in [1.29, 1.82) is 0 Å². The summed E-state index contributed by atoms with van der Waals surface area (Å²) in [6, 6.07) is 19.6. The lowest BCUT2D eigenvalue weighted by molar-refractivity contribution is 0.305. The molecule has 3 aromatic rings. The van der Waals surface area contributed by atoms with E-state index in [4.69, 9.17) is 27.9 Å². The van der Waals surface area contributed by atoms with Gasteiger partial charge in [-0.1, -0.05) is 71.7 Å². The normalized spacial score (nSPS) is 10.7. The van der Waals surface area contributed by atoms with E-state index in [1.165, 1.54) is 28.8 Å². The smallest absolute Gasteiger partial charge is 0.157 e. The Bertz CT molecular complexity index is 869. The molecule has 2 nitrogen and oxygen atoms in total. The number of rotatable bonds is 6. The number of aromatic hydroxyl groups is 1. The molecule has 0 aliphatic rings. The van der Waals surface area contributed by atoms with Crippen molar-refractivity contribution < 1.29 is 9.84 Å². The third kappa shape index (κ3) is 4.51. The monoisotopic (exact) mass is 386 g/mol. The Morgan fingerprint density at radius 3 is 2.19 bits per heavy atom. The van der Waals surface area contributed by atoms with E-state index in [9.17, 15) is 5.11 Å². The molecular formula is C22H20Cl2O2. The summed E-state index contributed by atoms with van der Waals surface area (Å²) in [6.45, 7) is 2.48. The fourth-order valence-corrected chi connectivity index (χ4v) is 3.51. The first-order valence-corrected chi connectivity index (χ1v) is 9.22. The summed E-state index contributed by atoms with van der Waals surface area (Å²) in [5.74, 6) is 0.409. The Balaban J connectivity index is 1.71. The molecule has 0 aliphatic heterocycles. The maximum absolute atomic E-state index is 9.51. The van der Waals surface area contributed by atoms with Crippen molar-refractivity contribution in [1.82, 2.24) is 0 Å². The van der Waals surface area contributed by atoms with Gasteiger partial charge in [0.25, 0.3) is 0 Å². The van der Waals surface area contributed by atoms with Gasteiger partial charge in [0, 0.05) is 12.1 Å². The predicted molar refractivity (Wildman–Crippen MR) is 107 cm³/mol. The van der Waals surface area contributed by atoms with Gasteiger partial charge in [-0.2, -0.15) is 0 Å². The molecule has 0 heterocycles. The van der Waals surface area contributed by atoms with Crippen molar-refractivity contribution in [2.24, 2.45) is 0 Å². The molecule has 0 bridgehead atoms. The van der Waals surface area contributed by atoms with Crippen LogP contribution in [0.5, 0.6) is 11.5 Å². The molecule has 0 saturated heterocycles. The summed E-state index contributed by atoms with van der Waals surface area (Å²) >= 11 is 12.2. The van der Waals surface area contributed by atoms with Crippen LogP contribution >= 0.6 is 23.2 Å². The average Bonchev–Trinajstić information content (AvgIpc) is 2.62. The molecule has 26 heavy (non-hydrogen) atoms. The predicted octanol–water partition coefficient (Wildman–Crippen LogP) is 6.37. The Morgan fingerprint density at radius 2 is 1.50 bits per heavy atom. The van der Waals surface area contributed by atoms with Crippen LogP contribution in [0.2, 0.25) is 10.0 Å². The molecule has 3 aromatic carbocycles. The van der Waals surface area contributed by atoms with E-state index in [1.54, 1.807) is 0 Å². The van der Waals surface area contributed by atoms with Crippen LogP contribution in [0.1, 0.15) is 22.3 Å². The lowest BCUT2D eigenvalue weighted by Crippen LogP contribution is -2.02. The lowest BCUT2D eigenvalue weighted by Gasteiger charge is -2.14. The molecule has 0 unspecified atom stereocenters. The third-order valence-corrected chi connectivity index (χ3v) is 5.00. The van der Waals surface area contributed by atoms with Crippen molar-refractivity contribution in [3.63, 3.8) is 0 Å². The van der Waals surface area contributed by atoms with E-state index in [-0.39, 0.29) is 5.75 Å². The van der Waals surface area contributed by atoms with Crippen molar-refractivity contribution in [2.75, 3.05) is 0 Å². The van der Waals surface area contributed by atoms with Gasteiger partial charge >= 0.3 is 0 Å². The van der Waals surface area contributed by atoms with E-state index in [2.05, 4.69) is 37.3 Å². The highest BCUT2D eigenvalue weighted by atomic mass is 35.5. The number of ether oxygens (including phenoxy) is 1. The molecule has 134 valence electrons. The second-order valence-electron chi connectivity index (χ2n) is 6.21. The van der Waals surface area contributed by atoms with E-state index < -0.39 is 0 Å². The highest BCUT2D eigenvalue weighted by Crippen LogP contribution is 2.37. The van der Waals surface area contributed by atoms with Gasteiger partial charge in [-0.05, 0) is 42.0 Å². The quantitative estimate of drug-likeness (QED) is 0.532. The van der Waals surface area contributed by atoms with Gasteiger partial charge in [-0.15, -0.1) is 0 Å². The van der Waals surface area contributed by atoms with Crippen molar-refractivity contribution in [2.45, 2.75) is 26.4 Å². The van der Waals surface area contributed by atoms with Gasteiger partial charge in [-0.3, -0.25) is 0 Å².